The molecule has 3 N–H and O–H groups in total. The maximum atomic E-state index is 12.9. The van der Waals surface area contributed by atoms with E-state index in [1.54, 1.807) is 24.3 Å². The smallest absolute Gasteiger partial charge is 0.416 e. The van der Waals surface area contributed by atoms with Crippen LogP contribution in [0.1, 0.15) is 11.1 Å². The normalized spacial score (nSPS) is 11.2. The lowest BCUT2D eigenvalue weighted by Crippen LogP contribution is -2.11. The maximum Gasteiger partial charge on any atom is 0.416 e. The molecule has 0 saturated heterocycles. The Labute approximate surface area is 120 Å². The predicted molar refractivity (Wildman–Crippen MR) is 76.2 cm³/mol. The van der Waals surface area contributed by atoms with Crippen molar-refractivity contribution in [2.75, 3.05) is 18.2 Å². The first-order chi connectivity index (χ1) is 9.90. The molecule has 0 aliphatic rings. The van der Waals surface area contributed by atoms with Gasteiger partial charge in [-0.25, -0.2) is 0 Å². The maximum absolute atomic E-state index is 12.9. The van der Waals surface area contributed by atoms with Crippen LogP contribution >= 0.6 is 0 Å². The number of hydrogen-bond acceptors (Lipinski definition) is 3. The molecule has 0 unspecified atom stereocenters. The van der Waals surface area contributed by atoms with Gasteiger partial charge in [0, 0.05) is 30.1 Å². The Bertz CT molecular complexity index is 627. The minimum Gasteiger partial charge on any atom is -0.497 e. The lowest BCUT2D eigenvalue weighted by Gasteiger charge is -2.14. The van der Waals surface area contributed by atoms with Crippen LogP contribution in [0.3, 0.4) is 0 Å². The molecule has 6 heteroatoms. The number of rotatable bonds is 4. The van der Waals surface area contributed by atoms with Gasteiger partial charge in [0.15, 0.2) is 0 Å². The van der Waals surface area contributed by atoms with E-state index in [4.69, 9.17) is 10.5 Å². The van der Waals surface area contributed by atoms with Crippen LogP contribution in [0.15, 0.2) is 42.5 Å². The van der Waals surface area contributed by atoms with Gasteiger partial charge in [-0.2, -0.15) is 13.2 Å². The second-order valence-electron chi connectivity index (χ2n) is 4.50. The molecule has 0 aliphatic heterocycles. The Morgan fingerprint density at radius 3 is 2.52 bits per heavy atom. The molecule has 2 aromatic rings. The van der Waals surface area contributed by atoms with Crippen molar-refractivity contribution in [2.45, 2.75) is 12.7 Å². The largest absolute Gasteiger partial charge is 0.497 e. The fourth-order valence-corrected chi connectivity index (χ4v) is 1.99. The number of ether oxygens (including phenoxy) is 1. The lowest BCUT2D eigenvalue weighted by molar-refractivity contribution is -0.138. The summed E-state index contributed by atoms with van der Waals surface area (Å²) in [5.41, 5.74) is 6.30. The van der Waals surface area contributed by atoms with Crippen LogP contribution in [-0.2, 0) is 12.7 Å². The number of hydrogen-bond donors (Lipinski definition) is 2. The first-order valence-electron chi connectivity index (χ1n) is 6.23. The lowest BCUT2D eigenvalue weighted by atomic mass is 10.1. The summed E-state index contributed by atoms with van der Waals surface area (Å²) in [7, 11) is 1.50. The van der Waals surface area contributed by atoms with Gasteiger partial charge in [0.1, 0.15) is 5.75 Å². The molecule has 21 heavy (non-hydrogen) atoms. The minimum atomic E-state index is -4.37. The monoisotopic (exact) mass is 296 g/mol. The van der Waals surface area contributed by atoms with E-state index >= 15 is 0 Å². The molecule has 2 rings (SSSR count). The predicted octanol–water partition coefficient (Wildman–Crippen LogP) is 3.91. The van der Waals surface area contributed by atoms with Gasteiger partial charge < -0.3 is 15.8 Å². The Morgan fingerprint density at radius 2 is 1.86 bits per heavy atom. The summed E-state index contributed by atoms with van der Waals surface area (Å²) in [6, 6.07) is 10.4. The highest BCUT2D eigenvalue weighted by Gasteiger charge is 2.32. The van der Waals surface area contributed by atoms with E-state index in [1.807, 2.05) is 0 Å². The molecule has 0 fully saturated rings. The van der Waals surface area contributed by atoms with Crippen molar-refractivity contribution in [1.29, 1.82) is 0 Å². The highest BCUT2D eigenvalue weighted by Crippen LogP contribution is 2.32. The molecule has 112 valence electrons. The topological polar surface area (TPSA) is 47.3 Å². The first kappa shape index (κ1) is 15.0. The molecule has 0 amide bonds. The van der Waals surface area contributed by atoms with Crippen LogP contribution < -0.4 is 15.8 Å². The zero-order valence-electron chi connectivity index (χ0n) is 11.4. The van der Waals surface area contributed by atoms with Gasteiger partial charge in [-0.1, -0.05) is 18.2 Å². The van der Waals surface area contributed by atoms with Crippen molar-refractivity contribution in [3.8, 4) is 5.75 Å². The summed E-state index contributed by atoms with van der Waals surface area (Å²) < 4.78 is 43.7. The van der Waals surface area contributed by atoms with Crippen molar-refractivity contribution >= 4 is 11.4 Å². The van der Waals surface area contributed by atoms with Crippen molar-refractivity contribution in [1.82, 2.24) is 0 Å². The van der Waals surface area contributed by atoms with Crippen molar-refractivity contribution in [2.24, 2.45) is 0 Å². The Kier molecular flexibility index (Phi) is 4.26. The van der Waals surface area contributed by atoms with Gasteiger partial charge in [-0.3, -0.25) is 0 Å². The number of nitrogens with one attached hydrogen (secondary N) is 1. The van der Waals surface area contributed by atoms with Crippen molar-refractivity contribution in [3.63, 3.8) is 0 Å². The van der Waals surface area contributed by atoms with Crippen molar-refractivity contribution in [3.05, 3.63) is 53.6 Å². The van der Waals surface area contributed by atoms with E-state index in [0.29, 0.717) is 17.1 Å². The molecule has 0 atom stereocenters. The average molecular weight is 296 g/mol. The average Bonchev–Trinajstić information content (AvgIpc) is 2.44. The fraction of sp³-hybridized carbons (Fsp3) is 0.200. The second kappa shape index (κ2) is 5.95. The Balaban J connectivity index is 2.19. The molecule has 2 aromatic carbocycles. The summed E-state index contributed by atoms with van der Waals surface area (Å²) in [5, 5.41) is 2.93. The molecule has 3 nitrogen and oxygen atoms in total. The van der Waals surface area contributed by atoms with E-state index in [9.17, 15) is 13.2 Å². The van der Waals surface area contributed by atoms with Crippen LogP contribution in [0.5, 0.6) is 5.75 Å². The van der Waals surface area contributed by atoms with Crippen LogP contribution in [0.4, 0.5) is 24.5 Å². The van der Waals surface area contributed by atoms with E-state index in [2.05, 4.69) is 5.32 Å². The zero-order valence-corrected chi connectivity index (χ0v) is 11.4. The molecule has 0 aliphatic carbocycles. The van der Waals surface area contributed by atoms with Crippen LogP contribution in [0.25, 0.3) is 0 Å². The number of anilines is 2. The Hall–Kier alpha value is -2.37. The third-order valence-corrected chi connectivity index (χ3v) is 2.97. The number of nitrogen functional groups attached to an aromatic ring is 1. The van der Waals surface area contributed by atoms with Crippen LogP contribution in [0, 0.1) is 0 Å². The second-order valence-corrected chi connectivity index (χ2v) is 4.50. The van der Waals surface area contributed by atoms with E-state index in [1.165, 1.54) is 19.2 Å². The van der Waals surface area contributed by atoms with Gasteiger partial charge >= 0.3 is 6.18 Å². The summed E-state index contributed by atoms with van der Waals surface area (Å²) in [4.78, 5) is 0. The zero-order chi connectivity index (χ0) is 15.5. The minimum absolute atomic E-state index is 0.0439. The molecule has 0 bridgehead atoms. The molecule has 0 radical (unpaired) electrons. The third kappa shape index (κ3) is 3.81. The summed E-state index contributed by atoms with van der Waals surface area (Å²) in [5.74, 6) is 0.543. The highest BCUT2D eigenvalue weighted by atomic mass is 19.4. The molecule has 0 heterocycles. The number of nitrogens with two attached hydrogens (primary N) is 1. The van der Waals surface area contributed by atoms with Crippen molar-refractivity contribution < 1.29 is 17.9 Å². The fourth-order valence-electron chi connectivity index (χ4n) is 1.99. The standard InChI is InChI=1S/C15H15F3N2O/c1-21-13-7-11(19)6-12(8-13)20-9-10-4-2-3-5-14(10)15(16,17)18/h2-8,20H,9,19H2,1H3. The molecular formula is C15H15F3N2O. The van der Waals surface area contributed by atoms with Gasteiger partial charge in [0.2, 0.25) is 0 Å². The summed E-state index contributed by atoms with van der Waals surface area (Å²) in [6.45, 7) is 0.0439. The Morgan fingerprint density at radius 1 is 1.14 bits per heavy atom. The number of alkyl halides is 3. The number of methoxy groups -OCH3 is 1. The van der Waals surface area contributed by atoms with Gasteiger partial charge in [-0.15, -0.1) is 0 Å². The van der Waals surface area contributed by atoms with Crippen LogP contribution in [-0.4, -0.2) is 7.11 Å². The molecule has 0 saturated carbocycles. The number of halogens is 3. The summed E-state index contributed by atoms with van der Waals surface area (Å²) >= 11 is 0. The third-order valence-electron chi connectivity index (χ3n) is 2.97. The first-order valence-corrected chi connectivity index (χ1v) is 6.23. The van der Waals surface area contributed by atoms with Gasteiger partial charge in [-0.05, 0) is 17.7 Å². The number of benzene rings is 2. The van der Waals surface area contributed by atoms with E-state index in [-0.39, 0.29) is 12.1 Å². The quantitative estimate of drug-likeness (QED) is 0.841. The van der Waals surface area contributed by atoms with Gasteiger partial charge in [0.25, 0.3) is 0 Å². The van der Waals surface area contributed by atoms with Gasteiger partial charge in [0.05, 0.1) is 12.7 Å². The van der Waals surface area contributed by atoms with E-state index < -0.39 is 11.7 Å². The molecule has 0 aromatic heterocycles. The van der Waals surface area contributed by atoms with E-state index in [0.717, 1.165) is 6.07 Å². The molecular weight excluding hydrogens is 281 g/mol. The summed E-state index contributed by atoms with van der Waals surface area (Å²) in [6.07, 6.45) is -4.37. The highest BCUT2D eigenvalue weighted by molar-refractivity contribution is 5.59. The van der Waals surface area contributed by atoms with Crippen LogP contribution in [0.2, 0.25) is 0 Å². The molecule has 0 spiro atoms. The SMILES string of the molecule is COc1cc(N)cc(NCc2ccccc2C(F)(F)F)c1.